The minimum atomic E-state index is 0.678. The highest BCUT2D eigenvalue weighted by Gasteiger charge is 2.12. The van der Waals surface area contributed by atoms with Gasteiger partial charge >= 0.3 is 0 Å². The highest BCUT2D eigenvalue weighted by atomic mass is 15.1. The van der Waals surface area contributed by atoms with Crippen molar-refractivity contribution >= 4 is 0 Å². The lowest BCUT2D eigenvalue weighted by molar-refractivity contribution is 0.482. The van der Waals surface area contributed by atoms with Crippen molar-refractivity contribution in [1.82, 2.24) is 4.90 Å². The van der Waals surface area contributed by atoms with Crippen LogP contribution < -0.4 is 0 Å². The summed E-state index contributed by atoms with van der Waals surface area (Å²) in [7, 11) is 4.16. The number of likely N-dealkylation sites (N-methyl/N-ethyl adjacent to an activating group) is 1. The summed E-state index contributed by atoms with van der Waals surface area (Å²) in [6.45, 7) is 4.52. The predicted molar refractivity (Wildman–Crippen MR) is 49.2 cm³/mol. The second-order valence-electron chi connectivity index (χ2n) is 3.56. The molecule has 1 heteroatoms. The fourth-order valence-electron chi connectivity index (χ4n) is 1.20. The van der Waals surface area contributed by atoms with E-state index in [1.807, 2.05) is 0 Å². The van der Waals surface area contributed by atoms with Gasteiger partial charge in [0.25, 0.3) is 0 Å². The molecule has 0 aromatic heterocycles. The zero-order chi connectivity index (χ0) is 8.43. The van der Waals surface area contributed by atoms with E-state index in [-0.39, 0.29) is 0 Å². The van der Waals surface area contributed by atoms with E-state index < -0.39 is 0 Å². The molecule has 1 aliphatic rings. The minimum absolute atomic E-state index is 0.678. The first-order chi connectivity index (χ1) is 5.11. The van der Waals surface area contributed by atoms with Crippen molar-refractivity contribution in [2.45, 2.75) is 13.8 Å². The highest BCUT2D eigenvalue weighted by Crippen LogP contribution is 2.22. The van der Waals surface area contributed by atoms with Gasteiger partial charge in [0.05, 0.1) is 0 Å². The maximum Gasteiger partial charge on any atom is 0.0320 e. The molecule has 0 aromatic carbocycles. The molecule has 0 heterocycles. The second kappa shape index (κ2) is 3.12. The normalized spacial score (nSPS) is 30.0. The zero-order valence-corrected chi connectivity index (χ0v) is 7.83. The molecule has 0 saturated carbocycles. The van der Waals surface area contributed by atoms with Crippen LogP contribution in [-0.4, -0.2) is 19.0 Å². The van der Waals surface area contributed by atoms with Crippen LogP contribution >= 0.6 is 0 Å². The van der Waals surface area contributed by atoms with Crippen LogP contribution in [-0.2, 0) is 0 Å². The van der Waals surface area contributed by atoms with Crippen molar-refractivity contribution in [2.75, 3.05) is 14.1 Å². The molecule has 1 nitrogen and oxygen atoms in total. The van der Waals surface area contributed by atoms with E-state index >= 15 is 0 Å². The third-order valence-electron chi connectivity index (χ3n) is 2.35. The van der Waals surface area contributed by atoms with Crippen molar-refractivity contribution in [3.63, 3.8) is 0 Å². The van der Waals surface area contributed by atoms with E-state index in [2.05, 4.69) is 51.1 Å². The quantitative estimate of drug-likeness (QED) is 0.555. The molecule has 62 valence electrons. The molecule has 2 atom stereocenters. The molecule has 11 heavy (non-hydrogen) atoms. The third-order valence-corrected chi connectivity index (χ3v) is 2.35. The molecule has 0 aliphatic heterocycles. The lowest BCUT2D eigenvalue weighted by Gasteiger charge is -2.23. The van der Waals surface area contributed by atoms with Gasteiger partial charge in [-0.25, -0.2) is 0 Å². The summed E-state index contributed by atoms with van der Waals surface area (Å²) in [5, 5.41) is 0. The Hall–Kier alpha value is -0.720. The standard InChI is InChI=1S/C10H17N/c1-8-5-6-10(11(3)4)7-9(8)2/h5-9H,1-4H3. The predicted octanol–water partition coefficient (Wildman–Crippen LogP) is 2.27. The highest BCUT2D eigenvalue weighted by molar-refractivity contribution is 5.23. The van der Waals surface area contributed by atoms with E-state index in [4.69, 9.17) is 0 Å². The Morgan fingerprint density at radius 1 is 1.18 bits per heavy atom. The SMILES string of the molecule is CC1C=CC(N(C)C)=CC1C. The number of nitrogens with zero attached hydrogens (tertiary/aromatic N) is 1. The van der Waals surface area contributed by atoms with Gasteiger partial charge in [0.15, 0.2) is 0 Å². The van der Waals surface area contributed by atoms with Crippen LogP contribution in [0.5, 0.6) is 0 Å². The van der Waals surface area contributed by atoms with E-state index in [0.29, 0.717) is 11.8 Å². The molecule has 1 rings (SSSR count). The van der Waals surface area contributed by atoms with Gasteiger partial charge in [-0.3, -0.25) is 0 Å². The monoisotopic (exact) mass is 151 g/mol. The van der Waals surface area contributed by atoms with Gasteiger partial charge < -0.3 is 4.90 Å². The van der Waals surface area contributed by atoms with Crippen molar-refractivity contribution in [2.24, 2.45) is 11.8 Å². The van der Waals surface area contributed by atoms with Crippen LogP contribution in [0.25, 0.3) is 0 Å². The molecule has 0 saturated heterocycles. The summed E-state index contributed by atoms with van der Waals surface area (Å²) >= 11 is 0. The van der Waals surface area contributed by atoms with E-state index in [0.717, 1.165) is 0 Å². The zero-order valence-electron chi connectivity index (χ0n) is 7.83. The third kappa shape index (κ3) is 1.86. The van der Waals surface area contributed by atoms with Crippen LogP contribution in [0.2, 0.25) is 0 Å². The average Bonchev–Trinajstić information content (AvgIpc) is 1.94. The number of allylic oxidation sites excluding steroid dienone is 3. The first kappa shape index (κ1) is 8.38. The molecule has 0 fully saturated rings. The molecule has 0 amide bonds. The topological polar surface area (TPSA) is 3.24 Å². The lowest BCUT2D eigenvalue weighted by Crippen LogP contribution is -2.15. The van der Waals surface area contributed by atoms with E-state index in [1.54, 1.807) is 0 Å². The van der Waals surface area contributed by atoms with Crippen molar-refractivity contribution in [3.05, 3.63) is 23.9 Å². The fraction of sp³-hybridized carbons (Fsp3) is 0.600. The molecule has 0 bridgehead atoms. The second-order valence-corrected chi connectivity index (χ2v) is 3.56. The van der Waals surface area contributed by atoms with Gasteiger partial charge in [-0.1, -0.05) is 26.0 Å². The molecule has 2 unspecified atom stereocenters. The molecule has 0 N–H and O–H groups in total. The van der Waals surface area contributed by atoms with Crippen molar-refractivity contribution < 1.29 is 0 Å². The summed E-state index contributed by atoms with van der Waals surface area (Å²) in [5.74, 6) is 1.37. The van der Waals surface area contributed by atoms with Gasteiger partial charge in [0.2, 0.25) is 0 Å². The Balaban J connectivity index is 2.72. The molecule has 0 radical (unpaired) electrons. The van der Waals surface area contributed by atoms with Gasteiger partial charge in [0.1, 0.15) is 0 Å². The molecule has 1 aliphatic carbocycles. The Kier molecular flexibility index (Phi) is 2.38. The fourth-order valence-corrected chi connectivity index (χ4v) is 1.20. The minimum Gasteiger partial charge on any atom is -0.378 e. The molecule has 0 spiro atoms. The van der Waals surface area contributed by atoms with Crippen LogP contribution in [0, 0.1) is 11.8 Å². The molecular formula is C10H17N. The summed E-state index contributed by atoms with van der Waals surface area (Å²) < 4.78 is 0. The van der Waals surface area contributed by atoms with Gasteiger partial charge in [-0.05, 0) is 17.9 Å². The number of rotatable bonds is 1. The first-order valence-corrected chi connectivity index (χ1v) is 4.18. The first-order valence-electron chi connectivity index (χ1n) is 4.18. The van der Waals surface area contributed by atoms with Crippen LogP contribution in [0.1, 0.15) is 13.8 Å². The molecule has 0 aromatic rings. The smallest absolute Gasteiger partial charge is 0.0320 e. The van der Waals surface area contributed by atoms with Crippen LogP contribution in [0.4, 0.5) is 0 Å². The van der Waals surface area contributed by atoms with Gasteiger partial charge in [-0.15, -0.1) is 0 Å². The van der Waals surface area contributed by atoms with Crippen molar-refractivity contribution in [3.8, 4) is 0 Å². The van der Waals surface area contributed by atoms with E-state index in [1.165, 1.54) is 5.70 Å². The van der Waals surface area contributed by atoms with Crippen LogP contribution in [0.3, 0.4) is 0 Å². The molecular weight excluding hydrogens is 134 g/mol. The van der Waals surface area contributed by atoms with Gasteiger partial charge in [0, 0.05) is 19.8 Å². The summed E-state index contributed by atoms with van der Waals surface area (Å²) in [4.78, 5) is 2.15. The summed E-state index contributed by atoms with van der Waals surface area (Å²) in [6.07, 6.45) is 6.80. The number of hydrogen-bond acceptors (Lipinski definition) is 1. The van der Waals surface area contributed by atoms with E-state index in [9.17, 15) is 0 Å². The van der Waals surface area contributed by atoms with Gasteiger partial charge in [-0.2, -0.15) is 0 Å². The Morgan fingerprint density at radius 3 is 2.27 bits per heavy atom. The largest absolute Gasteiger partial charge is 0.378 e. The Morgan fingerprint density at radius 2 is 1.82 bits per heavy atom. The maximum absolute atomic E-state index is 2.32. The van der Waals surface area contributed by atoms with Crippen molar-refractivity contribution in [1.29, 1.82) is 0 Å². The Labute approximate surface area is 69.4 Å². The average molecular weight is 151 g/mol. The maximum atomic E-state index is 2.32. The summed E-state index contributed by atoms with van der Waals surface area (Å²) in [5.41, 5.74) is 1.33. The van der Waals surface area contributed by atoms with Crippen LogP contribution in [0.15, 0.2) is 23.9 Å². The Bertz CT molecular complexity index is 189. The summed E-state index contributed by atoms with van der Waals surface area (Å²) in [6, 6.07) is 0. The number of hydrogen-bond donors (Lipinski definition) is 0. The lowest BCUT2D eigenvalue weighted by atomic mass is 9.90.